The van der Waals surface area contributed by atoms with Crippen LogP contribution in [-0.2, 0) is 4.79 Å². The number of nitrogens with one attached hydrogen (secondary N) is 1. The molecule has 1 aromatic carbocycles. The molecule has 0 spiro atoms. The van der Waals surface area contributed by atoms with Gasteiger partial charge in [0.2, 0.25) is 17.6 Å². The number of aryl methyl sites for hydroxylation is 1. The average molecular weight is 410 g/mol. The van der Waals surface area contributed by atoms with Gasteiger partial charge in [-0.2, -0.15) is 4.98 Å². The summed E-state index contributed by atoms with van der Waals surface area (Å²) in [4.78, 5) is 20.1. The van der Waals surface area contributed by atoms with Gasteiger partial charge in [-0.05, 0) is 62.3 Å². The summed E-state index contributed by atoms with van der Waals surface area (Å²) in [6.45, 7) is 2.06. The minimum absolute atomic E-state index is 0.0123. The van der Waals surface area contributed by atoms with E-state index in [-0.39, 0.29) is 17.7 Å². The molecular formula is C22H23N3O3S. The third-order valence-corrected chi connectivity index (χ3v) is 7.24. The van der Waals surface area contributed by atoms with Crippen LogP contribution in [0.15, 0.2) is 40.9 Å². The maximum atomic E-state index is 13.2. The largest absolute Gasteiger partial charge is 0.497 e. The molecule has 0 radical (unpaired) electrons. The van der Waals surface area contributed by atoms with Gasteiger partial charge in [-0.1, -0.05) is 11.2 Å². The van der Waals surface area contributed by atoms with Crippen LogP contribution >= 0.6 is 11.3 Å². The van der Waals surface area contributed by atoms with E-state index in [1.54, 1.807) is 18.4 Å². The second-order valence-electron chi connectivity index (χ2n) is 7.97. The third-order valence-electron chi connectivity index (χ3n) is 6.24. The lowest BCUT2D eigenvalue weighted by Gasteiger charge is -2.27. The first kappa shape index (κ1) is 18.4. The highest BCUT2D eigenvalue weighted by atomic mass is 32.1. The molecule has 2 saturated carbocycles. The average Bonchev–Trinajstić information content (AvgIpc) is 3.50. The van der Waals surface area contributed by atoms with Gasteiger partial charge in [-0.25, -0.2) is 0 Å². The van der Waals surface area contributed by atoms with Crippen LogP contribution in [0.25, 0.3) is 10.7 Å². The van der Waals surface area contributed by atoms with Gasteiger partial charge in [-0.15, -0.1) is 11.3 Å². The molecule has 2 aromatic heterocycles. The molecule has 0 unspecified atom stereocenters. The zero-order valence-corrected chi connectivity index (χ0v) is 17.2. The number of carbonyl (C=O) groups is 1. The summed E-state index contributed by atoms with van der Waals surface area (Å²) in [6.07, 6.45) is 3.26. The number of aromatic nitrogens is 2. The molecule has 150 valence electrons. The summed E-state index contributed by atoms with van der Waals surface area (Å²) in [5, 5.41) is 7.28. The van der Waals surface area contributed by atoms with Crippen LogP contribution in [-0.4, -0.2) is 23.2 Å². The SMILES string of the molecule is COc1cccc(NC(=O)[C@H]2[C@H]3CC[C@H](C3)[C@@H]2c2nc(-c3ccc(C)s3)no2)c1. The van der Waals surface area contributed by atoms with Crippen molar-refractivity contribution >= 4 is 22.9 Å². The minimum Gasteiger partial charge on any atom is -0.497 e. The highest BCUT2D eigenvalue weighted by molar-refractivity contribution is 7.15. The fourth-order valence-electron chi connectivity index (χ4n) is 4.98. The fourth-order valence-corrected chi connectivity index (χ4v) is 5.77. The summed E-state index contributed by atoms with van der Waals surface area (Å²) >= 11 is 1.65. The number of fused-ring (bicyclic) bond motifs is 2. The van der Waals surface area contributed by atoms with E-state index < -0.39 is 0 Å². The second-order valence-corrected chi connectivity index (χ2v) is 9.26. The van der Waals surface area contributed by atoms with E-state index in [1.807, 2.05) is 30.3 Å². The van der Waals surface area contributed by atoms with E-state index in [9.17, 15) is 4.79 Å². The van der Waals surface area contributed by atoms with Gasteiger partial charge in [0.15, 0.2) is 0 Å². The van der Waals surface area contributed by atoms with E-state index in [0.29, 0.717) is 23.6 Å². The topological polar surface area (TPSA) is 77.2 Å². The number of nitrogens with zero attached hydrogens (tertiary/aromatic N) is 2. The number of carbonyl (C=O) groups excluding carboxylic acids is 1. The molecule has 1 amide bonds. The molecule has 2 fully saturated rings. The van der Waals surface area contributed by atoms with Crippen molar-refractivity contribution in [3.63, 3.8) is 0 Å². The Hall–Kier alpha value is -2.67. The molecule has 7 heteroatoms. The van der Waals surface area contributed by atoms with E-state index in [2.05, 4.69) is 23.5 Å². The number of hydrogen-bond donors (Lipinski definition) is 1. The van der Waals surface area contributed by atoms with Crippen molar-refractivity contribution in [2.75, 3.05) is 12.4 Å². The zero-order valence-electron chi connectivity index (χ0n) is 16.4. The van der Waals surface area contributed by atoms with Gasteiger partial charge in [-0.3, -0.25) is 4.79 Å². The molecular weight excluding hydrogens is 386 g/mol. The highest BCUT2D eigenvalue weighted by Gasteiger charge is 2.53. The maximum absolute atomic E-state index is 13.2. The summed E-state index contributed by atoms with van der Waals surface area (Å²) in [6, 6.07) is 11.5. The lowest BCUT2D eigenvalue weighted by atomic mass is 9.78. The molecule has 29 heavy (non-hydrogen) atoms. The number of rotatable bonds is 5. The molecule has 3 aromatic rings. The first-order chi connectivity index (χ1) is 14.1. The normalized spacial score (nSPS) is 25.3. The van der Waals surface area contributed by atoms with Gasteiger partial charge < -0.3 is 14.6 Å². The summed E-state index contributed by atoms with van der Waals surface area (Å²) in [7, 11) is 1.62. The third kappa shape index (κ3) is 3.33. The van der Waals surface area contributed by atoms with Crippen molar-refractivity contribution < 1.29 is 14.1 Å². The maximum Gasteiger partial charge on any atom is 0.231 e. The van der Waals surface area contributed by atoms with Crippen molar-refractivity contribution in [2.24, 2.45) is 17.8 Å². The highest BCUT2D eigenvalue weighted by Crippen LogP contribution is 2.56. The Morgan fingerprint density at radius 2 is 2.10 bits per heavy atom. The standard InChI is InChI=1S/C22H23N3O3S/c1-12-6-9-17(29-12)20-24-22(28-25-20)19-14-8-7-13(10-14)18(19)21(26)23-15-4-3-5-16(11-15)27-2/h3-6,9,11,13-14,18-19H,7-8,10H2,1-2H3,(H,23,26)/t13-,14+,18-,19-/m0/s1. The number of hydrogen-bond acceptors (Lipinski definition) is 6. The molecule has 1 N–H and O–H groups in total. The Balaban J connectivity index is 1.40. The summed E-state index contributed by atoms with van der Waals surface area (Å²) in [5.41, 5.74) is 0.746. The Morgan fingerprint density at radius 1 is 1.24 bits per heavy atom. The van der Waals surface area contributed by atoms with E-state index >= 15 is 0 Å². The van der Waals surface area contributed by atoms with Crippen LogP contribution in [0.3, 0.4) is 0 Å². The quantitative estimate of drug-likeness (QED) is 0.650. The molecule has 4 atom stereocenters. The first-order valence-corrected chi connectivity index (χ1v) is 10.8. The number of ether oxygens (including phenoxy) is 1. The number of amides is 1. The molecule has 5 rings (SSSR count). The lowest BCUT2D eigenvalue weighted by Crippen LogP contribution is -2.32. The Kier molecular flexibility index (Phi) is 4.62. The molecule has 0 saturated heterocycles. The molecule has 2 heterocycles. The van der Waals surface area contributed by atoms with Crippen LogP contribution < -0.4 is 10.1 Å². The van der Waals surface area contributed by atoms with Crippen LogP contribution in [0.2, 0.25) is 0 Å². The lowest BCUT2D eigenvalue weighted by molar-refractivity contribution is -0.122. The van der Waals surface area contributed by atoms with Crippen LogP contribution in [0.1, 0.15) is 35.9 Å². The fraction of sp³-hybridized carbons (Fsp3) is 0.409. The van der Waals surface area contributed by atoms with Gasteiger partial charge in [0.1, 0.15) is 5.75 Å². The predicted octanol–water partition coefficient (Wildman–Crippen LogP) is 4.88. The van der Waals surface area contributed by atoms with Crippen molar-refractivity contribution in [1.82, 2.24) is 10.1 Å². The van der Waals surface area contributed by atoms with Crippen molar-refractivity contribution in [2.45, 2.75) is 32.1 Å². The molecule has 2 aliphatic rings. The van der Waals surface area contributed by atoms with Gasteiger partial charge in [0.05, 0.1) is 23.8 Å². The summed E-state index contributed by atoms with van der Waals surface area (Å²) < 4.78 is 10.9. The Bertz CT molecular complexity index is 1040. The Labute approximate surface area is 173 Å². The van der Waals surface area contributed by atoms with E-state index in [4.69, 9.17) is 14.2 Å². The monoisotopic (exact) mass is 409 g/mol. The van der Waals surface area contributed by atoms with Crippen LogP contribution in [0, 0.1) is 24.7 Å². The van der Waals surface area contributed by atoms with Crippen LogP contribution in [0.5, 0.6) is 5.75 Å². The van der Waals surface area contributed by atoms with Gasteiger partial charge in [0, 0.05) is 16.6 Å². The van der Waals surface area contributed by atoms with Crippen molar-refractivity contribution in [1.29, 1.82) is 0 Å². The Morgan fingerprint density at radius 3 is 2.90 bits per heavy atom. The summed E-state index contributed by atoms with van der Waals surface area (Å²) in [5.74, 6) is 2.62. The predicted molar refractivity (Wildman–Crippen MR) is 111 cm³/mol. The first-order valence-electron chi connectivity index (χ1n) is 9.97. The van der Waals surface area contributed by atoms with Crippen molar-refractivity contribution in [3.8, 4) is 16.5 Å². The van der Waals surface area contributed by atoms with Crippen molar-refractivity contribution in [3.05, 3.63) is 47.2 Å². The second kappa shape index (κ2) is 7.30. The number of benzene rings is 1. The molecule has 2 aliphatic carbocycles. The van der Waals surface area contributed by atoms with Gasteiger partial charge in [0.25, 0.3) is 0 Å². The number of methoxy groups -OCH3 is 1. The molecule has 0 aliphatic heterocycles. The smallest absolute Gasteiger partial charge is 0.231 e. The van der Waals surface area contributed by atoms with Gasteiger partial charge >= 0.3 is 0 Å². The molecule has 2 bridgehead atoms. The molecule has 6 nitrogen and oxygen atoms in total. The van der Waals surface area contributed by atoms with E-state index in [0.717, 1.165) is 35.6 Å². The minimum atomic E-state index is -0.140. The number of thiophene rings is 1. The number of anilines is 1. The van der Waals surface area contributed by atoms with E-state index in [1.165, 1.54) is 4.88 Å². The van der Waals surface area contributed by atoms with Crippen LogP contribution in [0.4, 0.5) is 5.69 Å². The zero-order chi connectivity index (χ0) is 20.0.